The zero-order valence-corrected chi connectivity index (χ0v) is 14.6. The van der Waals surface area contributed by atoms with E-state index in [9.17, 15) is 14.4 Å². The molecule has 6 nitrogen and oxygen atoms in total. The lowest BCUT2D eigenvalue weighted by atomic mass is 10.1. The van der Waals surface area contributed by atoms with Crippen molar-refractivity contribution in [3.05, 3.63) is 65.2 Å². The first-order valence-corrected chi connectivity index (χ1v) is 9.08. The van der Waals surface area contributed by atoms with Gasteiger partial charge in [-0.15, -0.1) is 0 Å². The van der Waals surface area contributed by atoms with Crippen molar-refractivity contribution in [1.29, 1.82) is 5.26 Å². The molecule has 1 aliphatic heterocycles. The van der Waals surface area contributed by atoms with E-state index < -0.39 is 0 Å². The summed E-state index contributed by atoms with van der Waals surface area (Å²) in [5.41, 5.74) is 1.89. The number of nitrogens with one attached hydrogen (secondary N) is 1. The number of amides is 3. The Morgan fingerprint density at radius 2 is 1.77 bits per heavy atom. The predicted octanol–water partition coefficient (Wildman–Crippen LogP) is 2.53. The van der Waals surface area contributed by atoms with Crippen LogP contribution in [0.15, 0.2) is 48.5 Å². The van der Waals surface area contributed by atoms with E-state index in [1.54, 1.807) is 48.5 Å². The molecule has 7 heteroatoms. The van der Waals surface area contributed by atoms with Gasteiger partial charge in [0.1, 0.15) is 0 Å². The molecule has 0 saturated heterocycles. The number of carbonyl (C=O) groups excluding carboxylic acids is 3. The molecule has 0 atom stereocenters. The fraction of sp³-hybridized carbons (Fsp3) is 0.158. The summed E-state index contributed by atoms with van der Waals surface area (Å²) in [4.78, 5) is 37.6. The molecule has 1 N–H and O–H groups in total. The Kier molecular flexibility index (Phi) is 5.34. The van der Waals surface area contributed by atoms with E-state index >= 15 is 0 Å². The number of rotatable bonds is 6. The van der Waals surface area contributed by atoms with Crippen LogP contribution in [0.2, 0.25) is 0 Å². The SMILES string of the molecule is N#Cc1cccc(NC(=O)CSCCN2C(=O)c3ccccc3C2=O)c1. The molecule has 3 amide bonds. The van der Waals surface area contributed by atoms with Crippen LogP contribution in [0.1, 0.15) is 26.3 Å². The average molecular weight is 365 g/mol. The molecule has 0 fully saturated rings. The lowest BCUT2D eigenvalue weighted by Gasteiger charge is -2.13. The lowest BCUT2D eigenvalue weighted by Crippen LogP contribution is -2.32. The molecule has 2 aromatic rings. The topological polar surface area (TPSA) is 90.3 Å². The van der Waals surface area contributed by atoms with E-state index in [2.05, 4.69) is 5.32 Å². The van der Waals surface area contributed by atoms with E-state index in [-0.39, 0.29) is 30.0 Å². The van der Waals surface area contributed by atoms with Crippen molar-refractivity contribution in [1.82, 2.24) is 4.90 Å². The van der Waals surface area contributed by atoms with Crippen LogP contribution in [0.4, 0.5) is 5.69 Å². The first kappa shape index (κ1) is 17.7. The van der Waals surface area contributed by atoms with Gasteiger partial charge < -0.3 is 5.32 Å². The molecule has 26 heavy (non-hydrogen) atoms. The highest BCUT2D eigenvalue weighted by atomic mass is 32.2. The molecule has 1 heterocycles. The van der Waals surface area contributed by atoms with E-state index in [0.29, 0.717) is 28.1 Å². The number of imide groups is 1. The molecule has 0 unspecified atom stereocenters. The first-order valence-electron chi connectivity index (χ1n) is 7.93. The Balaban J connectivity index is 1.46. The van der Waals surface area contributed by atoms with Gasteiger partial charge in [-0.3, -0.25) is 19.3 Å². The molecule has 0 aliphatic carbocycles. The van der Waals surface area contributed by atoms with Crippen molar-refractivity contribution in [3.63, 3.8) is 0 Å². The van der Waals surface area contributed by atoms with Crippen molar-refractivity contribution in [2.24, 2.45) is 0 Å². The van der Waals surface area contributed by atoms with Gasteiger partial charge in [0.05, 0.1) is 28.5 Å². The van der Waals surface area contributed by atoms with Gasteiger partial charge in [-0.2, -0.15) is 17.0 Å². The van der Waals surface area contributed by atoms with Crippen LogP contribution >= 0.6 is 11.8 Å². The summed E-state index contributed by atoms with van der Waals surface area (Å²) in [6.07, 6.45) is 0. The van der Waals surface area contributed by atoms with Crippen LogP contribution in [0.5, 0.6) is 0 Å². The molecule has 3 rings (SSSR count). The molecule has 0 saturated carbocycles. The van der Waals surface area contributed by atoms with Gasteiger partial charge >= 0.3 is 0 Å². The molecule has 0 aromatic heterocycles. The quantitative estimate of drug-likeness (QED) is 0.627. The summed E-state index contributed by atoms with van der Waals surface area (Å²) < 4.78 is 0. The minimum absolute atomic E-state index is 0.194. The second kappa shape index (κ2) is 7.85. The highest BCUT2D eigenvalue weighted by molar-refractivity contribution is 7.99. The fourth-order valence-corrected chi connectivity index (χ4v) is 3.34. The van der Waals surface area contributed by atoms with Gasteiger partial charge in [0.15, 0.2) is 0 Å². The molecule has 2 aromatic carbocycles. The summed E-state index contributed by atoms with van der Waals surface area (Å²) in [6, 6.07) is 15.4. The average Bonchev–Trinajstić information content (AvgIpc) is 2.90. The second-order valence-electron chi connectivity index (χ2n) is 5.60. The van der Waals surface area contributed by atoms with Crippen LogP contribution < -0.4 is 5.32 Å². The number of hydrogen-bond acceptors (Lipinski definition) is 5. The highest BCUT2D eigenvalue weighted by Crippen LogP contribution is 2.22. The van der Waals surface area contributed by atoms with Gasteiger partial charge in [0, 0.05) is 18.0 Å². The lowest BCUT2D eigenvalue weighted by molar-refractivity contribution is -0.113. The standard InChI is InChI=1S/C19H15N3O3S/c20-11-13-4-3-5-14(10-13)21-17(23)12-26-9-8-22-18(24)15-6-1-2-7-16(15)19(22)25/h1-7,10H,8-9,12H2,(H,21,23). The zero-order chi connectivity index (χ0) is 18.5. The molecule has 130 valence electrons. The maximum absolute atomic E-state index is 12.2. The summed E-state index contributed by atoms with van der Waals surface area (Å²) in [5.74, 6) is -0.114. The monoisotopic (exact) mass is 365 g/mol. The van der Waals surface area contributed by atoms with E-state index in [4.69, 9.17) is 5.26 Å². The van der Waals surface area contributed by atoms with Crippen LogP contribution in [-0.4, -0.2) is 40.7 Å². The Morgan fingerprint density at radius 1 is 1.08 bits per heavy atom. The molecule has 1 aliphatic rings. The van der Waals surface area contributed by atoms with E-state index in [0.717, 1.165) is 0 Å². The van der Waals surface area contributed by atoms with Crippen molar-refractivity contribution in [2.45, 2.75) is 0 Å². The minimum atomic E-state index is -0.288. The third kappa shape index (κ3) is 3.76. The van der Waals surface area contributed by atoms with Gasteiger partial charge in [-0.25, -0.2) is 0 Å². The van der Waals surface area contributed by atoms with Crippen molar-refractivity contribution >= 4 is 35.2 Å². The number of benzene rings is 2. The van der Waals surface area contributed by atoms with Crippen LogP contribution in [-0.2, 0) is 4.79 Å². The number of fused-ring (bicyclic) bond motifs is 1. The normalized spacial score (nSPS) is 12.7. The van der Waals surface area contributed by atoms with E-state index in [1.165, 1.54) is 16.7 Å². The number of hydrogen-bond donors (Lipinski definition) is 1. The van der Waals surface area contributed by atoms with Crippen LogP contribution in [0, 0.1) is 11.3 Å². The second-order valence-corrected chi connectivity index (χ2v) is 6.71. The summed E-state index contributed by atoms with van der Waals surface area (Å²) >= 11 is 1.34. The van der Waals surface area contributed by atoms with Crippen molar-refractivity contribution < 1.29 is 14.4 Å². The third-order valence-electron chi connectivity index (χ3n) is 3.85. The van der Waals surface area contributed by atoms with Gasteiger partial charge in [0.2, 0.25) is 5.91 Å². The summed E-state index contributed by atoms with van der Waals surface area (Å²) in [7, 11) is 0. The van der Waals surface area contributed by atoms with Gasteiger partial charge in [0.25, 0.3) is 11.8 Å². The number of thioether (sulfide) groups is 1. The largest absolute Gasteiger partial charge is 0.325 e. The first-order chi connectivity index (χ1) is 12.6. The Morgan fingerprint density at radius 3 is 2.42 bits per heavy atom. The van der Waals surface area contributed by atoms with Crippen molar-refractivity contribution in [3.8, 4) is 6.07 Å². The highest BCUT2D eigenvalue weighted by Gasteiger charge is 2.34. The minimum Gasteiger partial charge on any atom is -0.325 e. The molecule has 0 bridgehead atoms. The number of carbonyl (C=O) groups is 3. The van der Waals surface area contributed by atoms with Gasteiger partial charge in [-0.05, 0) is 30.3 Å². The zero-order valence-electron chi connectivity index (χ0n) is 13.8. The molecular weight excluding hydrogens is 350 g/mol. The molecule has 0 spiro atoms. The Labute approximate surface area is 154 Å². The van der Waals surface area contributed by atoms with E-state index in [1.807, 2.05) is 6.07 Å². The van der Waals surface area contributed by atoms with Crippen LogP contribution in [0.3, 0.4) is 0 Å². The number of nitriles is 1. The maximum atomic E-state index is 12.2. The van der Waals surface area contributed by atoms with Gasteiger partial charge in [-0.1, -0.05) is 18.2 Å². The molecular formula is C19H15N3O3S. The van der Waals surface area contributed by atoms with Crippen LogP contribution in [0.25, 0.3) is 0 Å². The Bertz CT molecular complexity index is 885. The van der Waals surface area contributed by atoms with Crippen molar-refractivity contribution in [2.75, 3.05) is 23.4 Å². The molecule has 0 radical (unpaired) electrons. The maximum Gasteiger partial charge on any atom is 0.261 e. The number of nitrogens with zero attached hydrogens (tertiary/aromatic N) is 2. The summed E-state index contributed by atoms with van der Waals surface area (Å²) in [6.45, 7) is 0.258. The number of anilines is 1. The smallest absolute Gasteiger partial charge is 0.261 e. The third-order valence-corrected chi connectivity index (χ3v) is 4.78. The summed E-state index contributed by atoms with van der Waals surface area (Å²) in [5, 5.41) is 11.6. The predicted molar refractivity (Wildman–Crippen MR) is 98.9 cm³/mol. The fourth-order valence-electron chi connectivity index (χ4n) is 2.63. The Hall–Kier alpha value is -3.11.